The molecule has 1 aromatic carbocycles. The Balaban J connectivity index is 1.82. The molecule has 2 rings (SSSR count). The number of carbonyl (C=O) groups excluding carboxylic acids is 2. The van der Waals surface area contributed by atoms with Gasteiger partial charge in [-0.2, -0.15) is 0 Å². The van der Waals surface area contributed by atoms with Crippen molar-refractivity contribution in [2.24, 2.45) is 5.14 Å². The van der Waals surface area contributed by atoms with Crippen molar-refractivity contribution in [3.05, 3.63) is 58.3 Å². The van der Waals surface area contributed by atoms with Gasteiger partial charge in [0.05, 0.1) is 10.9 Å². The number of ether oxygens (including phenoxy) is 1. The molecule has 1 amide bonds. The fourth-order valence-corrected chi connectivity index (χ4v) is 3.17. The molecule has 9 heteroatoms. The van der Waals surface area contributed by atoms with Crippen molar-refractivity contribution in [1.29, 1.82) is 0 Å². The molecule has 0 radical (unpaired) electrons. The summed E-state index contributed by atoms with van der Waals surface area (Å²) in [5, 5.41) is 9.58. The first-order valence-electron chi connectivity index (χ1n) is 7.56. The third-order valence-corrected chi connectivity index (χ3v) is 5.13. The topological polar surface area (TPSA) is 116 Å². The van der Waals surface area contributed by atoms with Gasteiger partial charge in [-0.3, -0.25) is 4.79 Å². The smallest absolute Gasteiger partial charge is 0.331 e. The Hall–Kier alpha value is -2.49. The minimum Gasteiger partial charge on any atom is -0.452 e. The van der Waals surface area contributed by atoms with Gasteiger partial charge >= 0.3 is 5.97 Å². The Labute approximate surface area is 155 Å². The molecule has 0 spiro atoms. The number of hydrogen-bond donors (Lipinski definition) is 2. The molecule has 0 saturated heterocycles. The number of nitrogens with two attached hydrogens (primary N) is 1. The number of amides is 1. The van der Waals surface area contributed by atoms with E-state index in [1.807, 2.05) is 17.5 Å². The third-order valence-electron chi connectivity index (χ3n) is 3.36. The number of nitrogens with one attached hydrogen (secondary N) is 1. The first-order chi connectivity index (χ1) is 12.3. The van der Waals surface area contributed by atoms with Crippen LogP contribution in [0.5, 0.6) is 0 Å². The van der Waals surface area contributed by atoms with Gasteiger partial charge in [-0.15, -0.1) is 11.3 Å². The lowest BCUT2D eigenvalue weighted by molar-refractivity contribution is -0.144. The summed E-state index contributed by atoms with van der Waals surface area (Å²) in [7, 11) is -3.76. The van der Waals surface area contributed by atoms with Gasteiger partial charge in [0.15, 0.2) is 6.61 Å². The predicted octanol–water partition coefficient (Wildman–Crippen LogP) is 1.83. The van der Waals surface area contributed by atoms with Crippen LogP contribution in [0.3, 0.4) is 0 Å². The van der Waals surface area contributed by atoms with E-state index in [4.69, 9.17) is 9.88 Å². The maximum absolute atomic E-state index is 11.9. The molecule has 1 aromatic heterocycles. The largest absolute Gasteiger partial charge is 0.452 e. The van der Waals surface area contributed by atoms with Crippen LogP contribution in [0.15, 0.2) is 52.7 Å². The molecule has 2 aromatic rings. The lowest BCUT2D eigenvalue weighted by Crippen LogP contribution is -2.30. The van der Waals surface area contributed by atoms with Crippen molar-refractivity contribution in [3.8, 4) is 0 Å². The molecule has 1 heterocycles. The van der Waals surface area contributed by atoms with E-state index in [1.165, 1.54) is 29.5 Å². The monoisotopic (exact) mass is 394 g/mol. The first kappa shape index (κ1) is 19.8. The predicted molar refractivity (Wildman–Crippen MR) is 98.7 cm³/mol. The Kier molecular flexibility index (Phi) is 6.67. The highest BCUT2D eigenvalue weighted by atomic mass is 32.2. The number of carbonyl (C=O) groups is 2. The van der Waals surface area contributed by atoms with Crippen LogP contribution < -0.4 is 10.5 Å². The summed E-state index contributed by atoms with van der Waals surface area (Å²) in [5.74, 6) is -1.08. The fourth-order valence-electron chi connectivity index (χ4n) is 2.03. The maximum Gasteiger partial charge on any atom is 0.331 e. The minimum absolute atomic E-state index is 0.00812. The third kappa shape index (κ3) is 6.10. The number of benzene rings is 1. The molecule has 3 N–H and O–H groups in total. The van der Waals surface area contributed by atoms with Gasteiger partial charge < -0.3 is 10.1 Å². The minimum atomic E-state index is -3.76. The van der Waals surface area contributed by atoms with Gasteiger partial charge in [0.1, 0.15) is 0 Å². The summed E-state index contributed by atoms with van der Waals surface area (Å²) >= 11 is 1.48. The van der Waals surface area contributed by atoms with E-state index in [0.29, 0.717) is 5.56 Å². The summed E-state index contributed by atoms with van der Waals surface area (Å²) < 4.78 is 27.3. The molecule has 0 aliphatic heterocycles. The van der Waals surface area contributed by atoms with Crippen LogP contribution in [0, 0.1) is 0 Å². The summed E-state index contributed by atoms with van der Waals surface area (Å²) in [5.41, 5.74) is 0.690. The molecule has 0 aliphatic rings. The number of hydrogen-bond acceptors (Lipinski definition) is 6. The van der Waals surface area contributed by atoms with Crippen LogP contribution in [-0.2, 0) is 24.3 Å². The average molecular weight is 394 g/mol. The molecule has 7 nitrogen and oxygen atoms in total. The van der Waals surface area contributed by atoms with Crippen LogP contribution in [0.2, 0.25) is 0 Å². The summed E-state index contributed by atoms with van der Waals surface area (Å²) in [4.78, 5) is 24.3. The van der Waals surface area contributed by atoms with E-state index >= 15 is 0 Å². The Morgan fingerprint density at radius 2 is 1.96 bits per heavy atom. The van der Waals surface area contributed by atoms with Crippen LogP contribution in [0.4, 0.5) is 0 Å². The summed E-state index contributed by atoms with van der Waals surface area (Å²) in [6.07, 6.45) is 2.87. The number of esters is 1. The van der Waals surface area contributed by atoms with Gasteiger partial charge in [-0.25, -0.2) is 18.4 Å². The van der Waals surface area contributed by atoms with E-state index in [1.54, 1.807) is 25.1 Å². The van der Waals surface area contributed by atoms with Crippen molar-refractivity contribution in [2.45, 2.75) is 17.9 Å². The lowest BCUT2D eigenvalue weighted by Gasteiger charge is -2.14. The number of primary sulfonamides is 1. The van der Waals surface area contributed by atoms with Gasteiger partial charge in [-0.1, -0.05) is 18.2 Å². The summed E-state index contributed by atoms with van der Waals surface area (Å²) in [6, 6.07) is 9.16. The average Bonchev–Trinajstić information content (AvgIpc) is 3.11. The quantitative estimate of drug-likeness (QED) is 0.549. The Morgan fingerprint density at radius 1 is 1.27 bits per heavy atom. The lowest BCUT2D eigenvalue weighted by atomic mass is 10.1. The van der Waals surface area contributed by atoms with Crippen LogP contribution in [0.1, 0.15) is 23.4 Å². The van der Waals surface area contributed by atoms with Gasteiger partial charge in [0.2, 0.25) is 10.0 Å². The molecule has 0 aliphatic carbocycles. The molecule has 0 saturated carbocycles. The normalized spacial score (nSPS) is 12.7. The first-order valence-corrected chi connectivity index (χ1v) is 9.99. The van der Waals surface area contributed by atoms with Crippen molar-refractivity contribution in [3.63, 3.8) is 0 Å². The second-order valence-corrected chi connectivity index (χ2v) is 7.90. The number of sulfonamides is 1. The highest BCUT2D eigenvalue weighted by Crippen LogP contribution is 2.15. The second kappa shape index (κ2) is 8.75. The van der Waals surface area contributed by atoms with Crippen molar-refractivity contribution < 1.29 is 22.7 Å². The zero-order valence-corrected chi connectivity index (χ0v) is 15.5. The molecular formula is C17H18N2O5S2. The Morgan fingerprint density at radius 3 is 2.54 bits per heavy atom. The molecule has 138 valence electrons. The molecule has 0 fully saturated rings. The molecule has 0 unspecified atom stereocenters. The van der Waals surface area contributed by atoms with E-state index in [2.05, 4.69) is 5.32 Å². The van der Waals surface area contributed by atoms with Crippen molar-refractivity contribution in [1.82, 2.24) is 5.32 Å². The van der Waals surface area contributed by atoms with Gasteiger partial charge in [-0.05, 0) is 42.1 Å². The molecule has 0 bridgehead atoms. The van der Waals surface area contributed by atoms with Crippen LogP contribution in [0.25, 0.3) is 6.08 Å². The highest BCUT2D eigenvalue weighted by Gasteiger charge is 2.13. The Bertz CT molecular complexity index is 888. The fraction of sp³-hybridized carbons (Fsp3) is 0.176. The van der Waals surface area contributed by atoms with Crippen LogP contribution in [-0.4, -0.2) is 26.9 Å². The van der Waals surface area contributed by atoms with Crippen LogP contribution >= 0.6 is 11.3 Å². The van der Waals surface area contributed by atoms with E-state index in [-0.39, 0.29) is 4.90 Å². The molecule has 1 atom stereocenters. The van der Waals surface area contributed by atoms with E-state index in [0.717, 1.165) is 4.88 Å². The van der Waals surface area contributed by atoms with E-state index in [9.17, 15) is 18.0 Å². The van der Waals surface area contributed by atoms with Crippen molar-refractivity contribution in [2.75, 3.05) is 6.61 Å². The van der Waals surface area contributed by atoms with Gasteiger partial charge in [0, 0.05) is 11.0 Å². The molecule has 26 heavy (non-hydrogen) atoms. The standard InChI is InChI=1S/C17H18N2O5S2/c1-12(13-4-7-15(8-5-13)26(18,22)23)19-16(20)11-24-17(21)9-6-14-3-2-10-25-14/h2-10,12H,11H2,1H3,(H,19,20)(H2,18,22,23)/b9-6+/t12-/m0/s1. The highest BCUT2D eigenvalue weighted by molar-refractivity contribution is 7.89. The van der Waals surface area contributed by atoms with Crippen molar-refractivity contribution >= 4 is 39.3 Å². The zero-order chi connectivity index (χ0) is 19.2. The number of rotatable bonds is 7. The number of thiophene rings is 1. The summed E-state index contributed by atoms with van der Waals surface area (Å²) in [6.45, 7) is 1.32. The van der Waals surface area contributed by atoms with Gasteiger partial charge in [0.25, 0.3) is 5.91 Å². The molecular weight excluding hydrogens is 376 g/mol. The maximum atomic E-state index is 11.9. The SMILES string of the molecule is C[C@H](NC(=O)COC(=O)/C=C/c1cccs1)c1ccc(S(N)(=O)=O)cc1. The van der Waals surface area contributed by atoms with E-state index < -0.39 is 34.5 Å². The zero-order valence-electron chi connectivity index (χ0n) is 13.9. The second-order valence-electron chi connectivity index (χ2n) is 5.36.